The zero-order chi connectivity index (χ0) is 15.2. The van der Waals surface area contributed by atoms with Crippen LogP contribution in [0.4, 0.5) is 13.2 Å². The number of alkyl halides is 3. The molecule has 2 unspecified atom stereocenters. The van der Waals surface area contributed by atoms with Crippen LogP contribution in [0, 0.1) is 11.8 Å². The van der Waals surface area contributed by atoms with Gasteiger partial charge in [-0.1, -0.05) is 6.92 Å². The van der Waals surface area contributed by atoms with Crippen molar-refractivity contribution in [3.8, 4) is 0 Å². The maximum Gasteiger partial charge on any atom is 0.411 e. The third-order valence-corrected chi connectivity index (χ3v) is 5.28. The average molecular weight is 317 g/mol. The van der Waals surface area contributed by atoms with Crippen molar-refractivity contribution in [3.63, 3.8) is 0 Å². The number of ether oxygens (including phenoxy) is 1. The molecule has 0 aliphatic carbocycles. The van der Waals surface area contributed by atoms with Crippen molar-refractivity contribution in [1.82, 2.24) is 5.32 Å². The minimum Gasteiger partial charge on any atom is -0.372 e. The van der Waals surface area contributed by atoms with Crippen LogP contribution in [0.1, 0.15) is 19.8 Å². The molecule has 120 valence electrons. The van der Waals surface area contributed by atoms with E-state index in [-0.39, 0.29) is 29.9 Å². The Labute approximate surface area is 118 Å². The zero-order valence-corrected chi connectivity index (χ0v) is 12.4. The lowest BCUT2D eigenvalue weighted by molar-refractivity contribution is -0.174. The fourth-order valence-corrected chi connectivity index (χ4v) is 4.37. The van der Waals surface area contributed by atoms with E-state index in [0.29, 0.717) is 19.4 Å². The van der Waals surface area contributed by atoms with Gasteiger partial charge in [0.1, 0.15) is 6.61 Å². The molecule has 0 spiro atoms. The van der Waals surface area contributed by atoms with E-state index in [9.17, 15) is 21.6 Å². The van der Waals surface area contributed by atoms with Crippen molar-refractivity contribution in [2.45, 2.75) is 25.9 Å². The highest BCUT2D eigenvalue weighted by Crippen LogP contribution is 2.28. The van der Waals surface area contributed by atoms with Gasteiger partial charge in [0.25, 0.3) is 0 Å². The zero-order valence-electron chi connectivity index (χ0n) is 11.6. The molecule has 0 aromatic carbocycles. The second-order valence-electron chi connectivity index (χ2n) is 5.19. The van der Waals surface area contributed by atoms with Gasteiger partial charge in [-0.05, 0) is 37.8 Å². The highest BCUT2D eigenvalue weighted by Gasteiger charge is 2.33. The van der Waals surface area contributed by atoms with Crippen LogP contribution in [0.3, 0.4) is 0 Å². The molecule has 1 fully saturated rings. The molecule has 0 radical (unpaired) electrons. The molecule has 1 aliphatic heterocycles. The maximum absolute atomic E-state index is 12.0. The Kier molecular flexibility index (Phi) is 6.74. The van der Waals surface area contributed by atoms with Crippen LogP contribution in [0.5, 0.6) is 0 Å². The Hall–Kier alpha value is -0.340. The molecule has 2 atom stereocenters. The summed E-state index contributed by atoms with van der Waals surface area (Å²) in [5, 5.41) is 3.14. The molecule has 1 N–H and O–H groups in total. The first kappa shape index (κ1) is 17.7. The second kappa shape index (κ2) is 7.61. The first-order chi connectivity index (χ1) is 9.23. The van der Waals surface area contributed by atoms with Gasteiger partial charge in [0.2, 0.25) is 0 Å². The third-order valence-electron chi connectivity index (χ3n) is 3.49. The third kappa shape index (κ3) is 6.90. The monoisotopic (exact) mass is 317 g/mol. The summed E-state index contributed by atoms with van der Waals surface area (Å²) in [5.41, 5.74) is 0. The van der Waals surface area contributed by atoms with E-state index in [1.807, 2.05) is 6.92 Å². The topological polar surface area (TPSA) is 55.4 Å². The van der Waals surface area contributed by atoms with Crippen molar-refractivity contribution in [3.05, 3.63) is 0 Å². The highest BCUT2D eigenvalue weighted by atomic mass is 32.2. The average Bonchev–Trinajstić information content (AvgIpc) is 2.67. The van der Waals surface area contributed by atoms with Gasteiger partial charge in [-0.3, -0.25) is 0 Å². The van der Waals surface area contributed by atoms with Gasteiger partial charge in [-0.15, -0.1) is 0 Å². The van der Waals surface area contributed by atoms with E-state index < -0.39 is 22.6 Å². The molecule has 0 saturated carbocycles. The summed E-state index contributed by atoms with van der Waals surface area (Å²) < 4.78 is 63.5. The SMILES string of the molecule is CCNCC(CCOCC(F)(F)F)C1CCS(=O)(=O)C1. The van der Waals surface area contributed by atoms with Crippen molar-refractivity contribution in [1.29, 1.82) is 0 Å². The van der Waals surface area contributed by atoms with E-state index in [1.165, 1.54) is 0 Å². The number of hydrogen-bond donors (Lipinski definition) is 1. The molecule has 4 nitrogen and oxygen atoms in total. The van der Waals surface area contributed by atoms with Crippen molar-refractivity contribution < 1.29 is 26.3 Å². The van der Waals surface area contributed by atoms with Crippen LogP contribution < -0.4 is 5.32 Å². The smallest absolute Gasteiger partial charge is 0.372 e. The summed E-state index contributed by atoms with van der Waals surface area (Å²) in [6, 6.07) is 0. The molecule has 0 amide bonds. The van der Waals surface area contributed by atoms with Gasteiger partial charge >= 0.3 is 6.18 Å². The Morgan fingerprint density at radius 2 is 2.10 bits per heavy atom. The maximum atomic E-state index is 12.0. The lowest BCUT2D eigenvalue weighted by atomic mass is 9.89. The van der Waals surface area contributed by atoms with Gasteiger partial charge in [0, 0.05) is 6.61 Å². The predicted octanol–water partition coefficient (Wildman–Crippen LogP) is 1.62. The van der Waals surface area contributed by atoms with E-state index >= 15 is 0 Å². The number of nitrogens with one attached hydrogen (secondary N) is 1. The molecule has 0 bridgehead atoms. The minimum absolute atomic E-state index is 0.00607. The predicted molar refractivity (Wildman–Crippen MR) is 70.3 cm³/mol. The van der Waals surface area contributed by atoms with E-state index in [0.717, 1.165) is 6.54 Å². The summed E-state index contributed by atoms with van der Waals surface area (Å²) in [6.07, 6.45) is -3.27. The molecule has 1 aliphatic rings. The summed E-state index contributed by atoms with van der Waals surface area (Å²) in [5.74, 6) is 0.389. The summed E-state index contributed by atoms with van der Waals surface area (Å²) in [7, 11) is -2.97. The normalized spacial score (nSPS) is 23.9. The lowest BCUT2D eigenvalue weighted by Gasteiger charge is -2.23. The Morgan fingerprint density at radius 1 is 1.40 bits per heavy atom. The van der Waals surface area contributed by atoms with Crippen LogP contribution >= 0.6 is 0 Å². The van der Waals surface area contributed by atoms with Crippen LogP contribution in [-0.2, 0) is 14.6 Å². The van der Waals surface area contributed by atoms with Crippen molar-refractivity contribution in [2.24, 2.45) is 11.8 Å². The van der Waals surface area contributed by atoms with Crippen LogP contribution in [0.25, 0.3) is 0 Å². The van der Waals surface area contributed by atoms with E-state index in [1.54, 1.807) is 0 Å². The molecule has 1 heterocycles. The molecular formula is C12H22F3NO3S. The van der Waals surface area contributed by atoms with Gasteiger partial charge in [-0.2, -0.15) is 13.2 Å². The summed E-state index contributed by atoms with van der Waals surface area (Å²) in [6.45, 7) is 2.06. The van der Waals surface area contributed by atoms with Gasteiger partial charge in [-0.25, -0.2) is 8.42 Å². The Morgan fingerprint density at radius 3 is 2.60 bits per heavy atom. The van der Waals surface area contributed by atoms with Gasteiger partial charge in [0.15, 0.2) is 9.84 Å². The quantitative estimate of drug-likeness (QED) is 0.691. The summed E-state index contributed by atoms with van der Waals surface area (Å²) in [4.78, 5) is 0. The van der Waals surface area contributed by atoms with Crippen LogP contribution in [0.15, 0.2) is 0 Å². The van der Waals surface area contributed by atoms with Crippen molar-refractivity contribution in [2.75, 3.05) is 37.8 Å². The van der Waals surface area contributed by atoms with Crippen LogP contribution in [0.2, 0.25) is 0 Å². The lowest BCUT2D eigenvalue weighted by Crippen LogP contribution is -2.30. The van der Waals surface area contributed by atoms with Crippen LogP contribution in [-0.4, -0.2) is 52.4 Å². The molecule has 20 heavy (non-hydrogen) atoms. The Balaban J connectivity index is 2.40. The molecule has 0 aromatic rings. The molecule has 1 saturated heterocycles. The second-order valence-corrected chi connectivity index (χ2v) is 7.42. The number of sulfone groups is 1. The number of halogens is 3. The van der Waals surface area contributed by atoms with E-state index in [4.69, 9.17) is 0 Å². The highest BCUT2D eigenvalue weighted by molar-refractivity contribution is 7.91. The first-order valence-electron chi connectivity index (χ1n) is 6.79. The molecule has 8 heteroatoms. The van der Waals surface area contributed by atoms with Crippen molar-refractivity contribution >= 4 is 9.84 Å². The van der Waals surface area contributed by atoms with Gasteiger partial charge in [0.05, 0.1) is 11.5 Å². The molecule has 0 aromatic heterocycles. The number of rotatable bonds is 8. The van der Waals surface area contributed by atoms with E-state index in [2.05, 4.69) is 10.1 Å². The molecule has 1 rings (SSSR count). The minimum atomic E-state index is -4.31. The largest absolute Gasteiger partial charge is 0.411 e. The summed E-state index contributed by atoms with van der Waals surface area (Å²) >= 11 is 0. The Bertz CT molecular complexity index is 384. The molecular weight excluding hydrogens is 295 g/mol. The fraction of sp³-hybridized carbons (Fsp3) is 1.00. The first-order valence-corrected chi connectivity index (χ1v) is 8.61. The standard InChI is InChI=1S/C12H22F3NO3S/c1-2-16-7-10(3-5-19-9-12(13,14)15)11-4-6-20(17,18)8-11/h10-11,16H,2-9H2,1H3. The fourth-order valence-electron chi connectivity index (χ4n) is 2.45. The number of hydrogen-bond acceptors (Lipinski definition) is 4. The van der Waals surface area contributed by atoms with Gasteiger partial charge < -0.3 is 10.1 Å².